The minimum absolute atomic E-state index is 0.00245. The molecule has 2 aromatic rings. The first-order chi connectivity index (χ1) is 15.9. The molecular weight excluding hydrogens is 424 g/mol. The number of nitrogens with one attached hydrogen (secondary N) is 2. The summed E-state index contributed by atoms with van der Waals surface area (Å²) < 4.78 is 5.50. The number of carbonyl (C=O) groups excluding carboxylic acids is 2. The summed E-state index contributed by atoms with van der Waals surface area (Å²) in [5.74, 6) is -1.59. The van der Waals surface area contributed by atoms with Crippen molar-refractivity contribution in [2.75, 3.05) is 19.8 Å². The molecule has 0 radical (unpaired) electrons. The van der Waals surface area contributed by atoms with E-state index in [2.05, 4.69) is 34.9 Å². The number of hydrogen-bond acceptors (Lipinski definition) is 5. The van der Waals surface area contributed by atoms with E-state index in [1.807, 2.05) is 31.2 Å². The van der Waals surface area contributed by atoms with Crippen LogP contribution in [-0.4, -0.2) is 54.0 Å². The molecule has 0 aliphatic heterocycles. The van der Waals surface area contributed by atoms with Gasteiger partial charge in [-0.1, -0.05) is 55.5 Å². The molecule has 2 aromatic carbocycles. The molecule has 0 fully saturated rings. The van der Waals surface area contributed by atoms with Gasteiger partial charge in [0.05, 0.1) is 0 Å². The number of aliphatic hydroxyl groups is 1. The molecule has 0 saturated heterocycles. The number of carboxylic acid groups (broad SMARTS) is 1. The molecule has 4 N–H and O–H groups in total. The molecule has 8 nitrogen and oxygen atoms in total. The van der Waals surface area contributed by atoms with Crippen LogP contribution >= 0.6 is 0 Å². The Bertz CT molecular complexity index is 947. The van der Waals surface area contributed by atoms with Gasteiger partial charge in [-0.05, 0) is 34.6 Å². The zero-order chi connectivity index (χ0) is 23.8. The summed E-state index contributed by atoms with van der Waals surface area (Å²) in [5, 5.41) is 23.0. The number of rotatable bonds is 11. The lowest BCUT2D eigenvalue weighted by Gasteiger charge is -2.17. The van der Waals surface area contributed by atoms with E-state index in [9.17, 15) is 14.4 Å². The molecule has 176 valence electrons. The molecule has 1 aliphatic carbocycles. The van der Waals surface area contributed by atoms with Crippen LogP contribution in [0.1, 0.15) is 43.2 Å². The third-order valence-corrected chi connectivity index (χ3v) is 5.85. The van der Waals surface area contributed by atoms with Gasteiger partial charge in [0.15, 0.2) is 0 Å². The highest BCUT2D eigenvalue weighted by molar-refractivity contribution is 5.83. The molecule has 0 bridgehead atoms. The van der Waals surface area contributed by atoms with Gasteiger partial charge >= 0.3 is 12.1 Å². The van der Waals surface area contributed by atoms with Crippen molar-refractivity contribution in [2.45, 2.75) is 38.1 Å². The van der Waals surface area contributed by atoms with Gasteiger partial charge < -0.3 is 25.6 Å². The Morgan fingerprint density at radius 2 is 1.61 bits per heavy atom. The van der Waals surface area contributed by atoms with Crippen molar-refractivity contribution in [2.24, 2.45) is 5.92 Å². The Kier molecular flexibility index (Phi) is 8.43. The average molecular weight is 455 g/mol. The molecule has 2 amide bonds. The van der Waals surface area contributed by atoms with E-state index in [-0.39, 0.29) is 37.9 Å². The van der Waals surface area contributed by atoms with Gasteiger partial charge in [0.2, 0.25) is 5.91 Å². The zero-order valence-electron chi connectivity index (χ0n) is 18.6. The van der Waals surface area contributed by atoms with Crippen LogP contribution in [0.15, 0.2) is 48.5 Å². The van der Waals surface area contributed by atoms with E-state index in [4.69, 9.17) is 14.9 Å². The van der Waals surface area contributed by atoms with Gasteiger partial charge in [-0.15, -0.1) is 0 Å². The highest BCUT2D eigenvalue weighted by atomic mass is 16.5. The summed E-state index contributed by atoms with van der Waals surface area (Å²) in [4.78, 5) is 35.3. The second-order valence-electron chi connectivity index (χ2n) is 8.32. The average Bonchev–Trinajstić information content (AvgIpc) is 3.13. The molecule has 0 spiro atoms. The van der Waals surface area contributed by atoms with E-state index >= 15 is 0 Å². The van der Waals surface area contributed by atoms with Crippen LogP contribution in [0.3, 0.4) is 0 Å². The highest BCUT2D eigenvalue weighted by Crippen LogP contribution is 2.44. The molecule has 3 rings (SSSR count). The van der Waals surface area contributed by atoms with Gasteiger partial charge in [-0.25, -0.2) is 9.59 Å². The number of ether oxygens (including phenoxy) is 1. The first-order valence-corrected chi connectivity index (χ1v) is 11.1. The molecule has 1 aliphatic rings. The van der Waals surface area contributed by atoms with Gasteiger partial charge in [0, 0.05) is 31.9 Å². The summed E-state index contributed by atoms with van der Waals surface area (Å²) in [6, 6.07) is 15.1. The maximum absolute atomic E-state index is 12.3. The van der Waals surface area contributed by atoms with E-state index in [1.54, 1.807) is 0 Å². The Hall–Kier alpha value is -3.39. The second kappa shape index (κ2) is 11.5. The lowest BCUT2D eigenvalue weighted by Crippen LogP contribution is -2.41. The van der Waals surface area contributed by atoms with Crippen LogP contribution in [0.4, 0.5) is 4.79 Å². The summed E-state index contributed by atoms with van der Waals surface area (Å²) in [6.07, 6.45) is 0.0472. The summed E-state index contributed by atoms with van der Waals surface area (Å²) in [7, 11) is 0. The van der Waals surface area contributed by atoms with E-state index in [1.165, 1.54) is 0 Å². The van der Waals surface area contributed by atoms with Gasteiger partial charge in [0.1, 0.15) is 12.6 Å². The lowest BCUT2D eigenvalue weighted by molar-refractivity contribution is -0.142. The predicted octanol–water partition coefficient (Wildman–Crippen LogP) is 2.89. The largest absolute Gasteiger partial charge is 0.480 e. The third kappa shape index (κ3) is 6.32. The van der Waals surface area contributed by atoms with Crippen molar-refractivity contribution in [1.82, 2.24) is 10.6 Å². The molecule has 2 atom stereocenters. The van der Waals surface area contributed by atoms with E-state index in [0.717, 1.165) is 22.3 Å². The Balaban J connectivity index is 1.42. The fraction of sp³-hybridized carbons (Fsp3) is 0.400. The monoisotopic (exact) mass is 454 g/mol. The maximum atomic E-state index is 12.3. The van der Waals surface area contributed by atoms with Crippen LogP contribution in [0.25, 0.3) is 11.1 Å². The van der Waals surface area contributed by atoms with Crippen molar-refractivity contribution >= 4 is 18.0 Å². The number of aliphatic hydroxyl groups excluding tert-OH is 1. The molecule has 2 unspecified atom stereocenters. The number of hydrogen-bond donors (Lipinski definition) is 4. The Morgan fingerprint density at radius 3 is 2.18 bits per heavy atom. The smallest absolute Gasteiger partial charge is 0.407 e. The summed E-state index contributed by atoms with van der Waals surface area (Å²) >= 11 is 0. The molecule has 0 saturated carbocycles. The number of carbonyl (C=O) groups is 3. The van der Waals surface area contributed by atoms with Crippen LogP contribution in [0, 0.1) is 5.92 Å². The van der Waals surface area contributed by atoms with Crippen molar-refractivity contribution in [3.63, 3.8) is 0 Å². The first-order valence-electron chi connectivity index (χ1n) is 11.1. The fourth-order valence-electron chi connectivity index (χ4n) is 4.04. The van der Waals surface area contributed by atoms with Crippen molar-refractivity contribution in [3.05, 3.63) is 59.7 Å². The zero-order valence-corrected chi connectivity index (χ0v) is 18.6. The normalized spacial score (nSPS) is 14.0. The third-order valence-electron chi connectivity index (χ3n) is 5.85. The molecule has 8 heteroatoms. The lowest BCUT2D eigenvalue weighted by atomic mass is 9.98. The Morgan fingerprint density at radius 1 is 1.00 bits per heavy atom. The summed E-state index contributed by atoms with van der Waals surface area (Å²) in [6.45, 7) is 2.14. The van der Waals surface area contributed by atoms with Crippen molar-refractivity contribution in [1.29, 1.82) is 0 Å². The van der Waals surface area contributed by atoms with Gasteiger partial charge in [-0.3, -0.25) is 4.79 Å². The fourth-order valence-corrected chi connectivity index (χ4v) is 4.04. The molecular formula is C25H30N2O6. The minimum Gasteiger partial charge on any atom is -0.480 e. The van der Waals surface area contributed by atoms with Gasteiger partial charge in [0.25, 0.3) is 0 Å². The Labute approximate surface area is 193 Å². The number of aliphatic carboxylic acids is 1. The van der Waals surface area contributed by atoms with Crippen molar-refractivity contribution < 1.29 is 29.3 Å². The quantitative estimate of drug-likeness (QED) is 0.414. The topological polar surface area (TPSA) is 125 Å². The van der Waals surface area contributed by atoms with E-state index < -0.39 is 24.0 Å². The number of fused-ring (bicyclic) bond motifs is 3. The molecule has 0 aromatic heterocycles. The van der Waals surface area contributed by atoms with E-state index in [0.29, 0.717) is 13.0 Å². The number of alkyl carbamates (subject to hydrolysis) is 1. The highest BCUT2D eigenvalue weighted by Gasteiger charge is 2.29. The minimum atomic E-state index is -1.18. The SMILES string of the molecule is CC(CCC(=O)NC(CCO)C(=O)O)CNC(=O)OCC1c2ccccc2-c2ccccc21. The molecule has 33 heavy (non-hydrogen) atoms. The molecule has 0 heterocycles. The first kappa shape index (κ1) is 24.3. The van der Waals surface area contributed by atoms with Crippen LogP contribution in [-0.2, 0) is 14.3 Å². The van der Waals surface area contributed by atoms with Gasteiger partial charge in [-0.2, -0.15) is 0 Å². The maximum Gasteiger partial charge on any atom is 0.407 e. The number of benzene rings is 2. The number of amides is 2. The standard InChI is InChI=1S/C25H30N2O6/c1-16(10-11-23(29)27-22(12-13-28)24(30)31)14-26-25(32)33-15-21-19-8-4-2-6-17(19)18-7-3-5-9-20(18)21/h2-9,16,21-22,28H,10-15H2,1H3,(H,26,32)(H,27,29)(H,30,31). The van der Waals surface area contributed by atoms with Crippen LogP contribution in [0.2, 0.25) is 0 Å². The predicted molar refractivity (Wildman–Crippen MR) is 123 cm³/mol. The summed E-state index contributed by atoms with van der Waals surface area (Å²) in [5.41, 5.74) is 4.62. The number of carboxylic acids is 1. The van der Waals surface area contributed by atoms with Crippen LogP contribution < -0.4 is 10.6 Å². The van der Waals surface area contributed by atoms with Crippen molar-refractivity contribution in [3.8, 4) is 11.1 Å². The van der Waals surface area contributed by atoms with Crippen LogP contribution in [0.5, 0.6) is 0 Å². The second-order valence-corrected chi connectivity index (χ2v) is 8.32.